The van der Waals surface area contributed by atoms with Crippen molar-refractivity contribution in [1.29, 1.82) is 0 Å². The Hall–Kier alpha value is -1.95. The molecule has 0 saturated carbocycles. The number of rotatable bonds is 2. The van der Waals surface area contributed by atoms with E-state index in [0.717, 1.165) is 17.0 Å². The van der Waals surface area contributed by atoms with E-state index in [-0.39, 0.29) is 0 Å². The molecule has 0 unspecified atom stereocenters. The molecule has 2 aromatic rings. The van der Waals surface area contributed by atoms with Crippen LogP contribution in [0.4, 0.5) is 5.95 Å². The minimum absolute atomic E-state index is 0.399. The molecule has 6 heteroatoms. The van der Waals surface area contributed by atoms with Crippen LogP contribution in [0.2, 0.25) is 0 Å². The van der Waals surface area contributed by atoms with E-state index in [1.807, 2.05) is 26.2 Å². The van der Waals surface area contributed by atoms with Gasteiger partial charge in [-0.05, 0) is 13.0 Å². The lowest BCUT2D eigenvalue weighted by Crippen LogP contribution is -2.10. The van der Waals surface area contributed by atoms with Crippen LogP contribution >= 0.6 is 0 Å². The SMILES string of the molecule is Cc1nn(C)cc1-c1ccnc(NN)n1. The van der Waals surface area contributed by atoms with Crippen LogP contribution < -0.4 is 11.3 Å². The van der Waals surface area contributed by atoms with E-state index in [1.165, 1.54) is 0 Å². The number of hydrogen-bond donors (Lipinski definition) is 2. The van der Waals surface area contributed by atoms with Crippen LogP contribution in [0.3, 0.4) is 0 Å². The third kappa shape index (κ3) is 1.79. The molecule has 6 nitrogen and oxygen atoms in total. The smallest absolute Gasteiger partial charge is 0.237 e. The van der Waals surface area contributed by atoms with Crippen LogP contribution in [-0.2, 0) is 7.05 Å². The fraction of sp³-hybridized carbons (Fsp3) is 0.222. The third-order valence-corrected chi connectivity index (χ3v) is 2.07. The maximum Gasteiger partial charge on any atom is 0.237 e. The highest BCUT2D eigenvalue weighted by Crippen LogP contribution is 2.19. The van der Waals surface area contributed by atoms with E-state index in [9.17, 15) is 0 Å². The zero-order valence-corrected chi connectivity index (χ0v) is 8.60. The summed E-state index contributed by atoms with van der Waals surface area (Å²) in [5.41, 5.74) is 5.14. The molecule has 3 N–H and O–H groups in total. The summed E-state index contributed by atoms with van der Waals surface area (Å²) >= 11 is 0. The zero-order valence-electron chi connectivity index (χ0n) is 8.60. The molecule has 0 spiro atoms. The van der Waals surface area contributed by atoms with Crippen molar-refractivity contribution >= 4 is 5.95 Å². The molecule has 15 heavy (non-hydrogen) atoms. The van der Waals surface area contributed by atoms with Gasteiger partial charge in [0, 0.05) is 25.0 Å². The Balaban J connectivity index is 2.49. The first-order chi connectivity index (χ1) is 7.20. The predicted octanol–water partition coefficient (Wildman–Crippen LogP) is 0.471. The largest absolute Gasteiger partial charge is 0.292 e. The molecule has 0 aromatic carbocycles. The number of aryl methyl sites for hydroxylation is 2. The molecule has 0 aliphatic carbocycles. The zero-order chi connectivity index (χ0) is 10.8. The number of nitrogens with zero attached hydrogens (tertiary/aromatic N) is 4. The van der Waals surface area contributed by atoms with Gasteiger partial charge in [0.25, 0.3) is 0 Å². The first-order valence-corrected chi connectivity index (χ1v) is 4.51. The van der Waals surface area contributed by atoms with E-state index in [1.54, 1.807) is 10.9 Å². The van der Waals surface area contributed by atoms with Gasteiger partial charge >= 0.3 is 0 Å². The van der Waals surface area contributed by atoms with E-state index in [0.29, 0.717) is 5.95 Å². The summed E-state index contributed by atoms with van der Waals surface area (Å²) in [7, 11) is 1.87. The van der Waals surface area contributed by atoms with Crippen molar-refractivity contribution in [2.75, 3.05) is 5.43 Å². The number of hydrazine groups is 1. The summed E-state index contributed by atoms with van der Waals surface area (Å²) < 4.78 is 1.75. The topological polar surface area (TPSA) is 81.7 Å². The first-order valence-electron chi connectivity index (χ1n) is 4.51. The second-order valence-corrected chi connectivity index (χ2v) is 3.21. The first kappa shape index (κ1) is 9.60. The molecule has 0 aliphatic heterocycles. The van der Waals surface area contributed by atoms with Crippen molar-refractivity contribution in [1.82, 2.24) is 19.7 Å². The molecule has 2 aromatic heterocycles. The predicted molar refractivity (Wildman–Crippen MR) is 56.8 cm³/mol. The van der Waals surface area contributed by atoms with Gasteiger partial charge in [0.1, 0.15) is 0 Å². The Morgan fingerprint density at radius 2 is 2.27 bits per heavy atom. The average molecular weight is 204 g/mol. The molecule has 78 valence electrons. The maximum absolute atomic E-state index is 5.24. The number of aromatic nitrogens is 4. The summed E-state index contributed by atoms with van der Waals surface area (Å²) in [5, 5.41) is 4.25. The van der Waals surface area contributed by atoms with Crippen molar-refractivity contribution in [3.8, 4) is 11.3 Å². The minimum Gasteiger partial charge on any atom is -0.292 e. The average Bonchev–Trinajstić information content (AvgIpc) is 2.58. The Morgan fingerprint density at radius 3 is 2.87 bits per heavy atom. The number of anilines is 1. The van der Waals surface area contributed by atoms with Gasteiger partial charge in [-0.2, -0.15) is 5.10 Å². The summed E-state index contributed by atoms with van der Waals surface area (Å²) in [6.45, 7) is 1.94. The van der Waals surface area contributed by atoms with E-state index in [4.69, 9.17) is 5.84 Å². The molecule has 0 aliphatic rings. The molecule has 0 bridgehead atoms. The van der Waals surface area contributed by atoms with Crippen molar-refractivity contribution in [3.63, 3.8) is 0 Å². The van der Waals surface area contributed by atoms with Crippen LogP contribution in [0.1, 0.15) is 5.69 Å². The summed E-state index contributed by atoms with van der Waals surface area (Å²) in [6, 6.07) is 1.82. The summed E-state index contributed by atoms with van der Waals surface area (Å²) in [6.07, 6.45) is 3.57. The highest BCUT2D eigenvalue weighted by Gasteiger charge is 2.07. The molecule has 0 radical (unpaired) electrons. The van der Waals surface area contributed by atoms with Crippen LogP contribution in [0.15, 0.2) is 18.5 Å². The van der Waals surface area contributed by atoms with Crippen molar-refractivity contribution in [2.45, 2.75) is 6.92 Å². The fourth-order valence-electron chi connectivity index (χ4n) is 1.43. The van der Waals surface area contributed by atoms with Gasteiger partial charge in [-0.15, -0.1) is 0 Å². The van der Waals surface area contributed by atoms with Crippen LogP contribution in [0.5, 0.6) is 0 Å². The Bertz CT molecular complexity index is 475. The highest BCUT2D eigenvalue weighted by atomic mass is 15.3. The van der Waals surface area contributed by atoms with Gasteiger partial charge < -0.3 is 0 Å². The molecular weight excluding hydrogens is 192 g/mol. The lowest BCUT2D eigenvalue weighted by molar-refractivity contribution is 0.756. The number of nitrogens with one attached hydrogen (secondary N) is 1. The molecule has 0 saturated heterocycles. The van der Waals surface area contributed by atoms with Crippen molar-refractivity contribution < 1.29 is 0 Å². The fourth-order valence-corrected chi connectivity index (χ4v) is 1.43. The highest BCUT2D eigenvalue weighted by molar-refractivity contribution is 5.61. The Kier molecular flexibility index (Phi) is 2.34. The Labute approximate surface area is 87.1 Å². The van der Waals surface area contributed by atoms with Gasteiger partial charge in [-0.3, -0.25) is 10.1 Å². The van der Waals surface area contributed by atoms with Gasteiger partial charge in [0.15, 0.2) is 0 Å². The normalized spacial score (nSPS) is 10.3. The molecular formula is C9H12N6. The van der Waals surface area contributed by atoms with Crippen molar-refractivity contribution in [3.05, 3.63) is 24.2 Å². The molecule has 0 amide bonds. The second kappa shape index (κ2) is 3.66. The monoisotopic (exact) mass is 204 g/mol. The van der Waals surface area contributed by atoms with Crippen LogP contribution in [-0.4, -0.2) is 19.7 Å². The molecule has 0 atom stereocenters. The standard InChI is InChI=1S/C9H12N6/c1-6-7(5-15(2)14-6)8-3-4-11-9(12-8)13-10/h3-5H,10H2,1-2H3,(H,11,12,13). The van der Waals surface area contributed by atoms with Crippen molar-refractivity contribution in [2.24, 2.45) is 12.9 Å². The molecule has 2 rings (SSSR count). The third-order valence-electron chi connectivity index (χ3n) is 2.07. The Morgan fingerprint density at radius 1 is 1.47 bits per heavy atom. The van der Waals surface area contributed by atoms with E-state index >= 15 is 0 Å². The van der Waals surface area contributed by atoms with Crippen LogP contribution in [0, 0.1) is 6.92 Å². The van der Waals surface area contributed by atoms with Gasteiger partial charge in [-0.1, -0.05) is 0 Å². The number of hydrogen-bond acceptors (Lipinski definition) is 5. The quantitative estimate of drug-likeness (QED) is 0.549. The van der Waals surface area contributed by atoms with Gasteiger partial charge in [0.05, 0.1) is 11.4 Å². The lowest BCUT2D eigenvalue weighted by atomic mass is 10.2. The van der Waals surface area contributed by atoms with E-state index in [2.05, 4.69) is 20.5 Å². The van der Waals surface area contributed by atoms with E-state index < -0.39 is 0 Å². The summed E-state index contributed by atoms with van der Waals surface area (Å²) in [5.74, 6) is 5.64. The van der Waals surface area contributed by atoms with Gasteiger partial charge in [-0.25, -0.2) is 15.8 Å². The number of nitrogen functional groups attached to an aromatic ring is 1. The maximum atomic E-state index is 5.24. The van der Waals surface area contributed by atoms with Gasteiger partial charge in [0.2, 0.25) is 5.95 Å². The summed E-state index contributed by atoms with van der Waals surface area (Å²) in [4.78, 5) is 8.18. The second-order valence-electron chi connectivity index (χ2n) is 3.21. The minimum atomic E-state index is 0.399. The molecule has 2 heterocycles. The van der Waals surface area contributed by atoms with Crippen LogP contribution in [0.25, 0.3) is 11.3 Å². The lowest BCUT2D eigenvalue weighted by Gasteiger charge is -2.00. The molecule has 0 fully saturated rings. The number of nitrogens with two attached hydrogens (primary N) is 1.